The quantitative estimate of drug-likeness (QED) is 0.873. The van der Waals surface area contributed by atoms with Crippen molar-refractivity contribution in [2.45, 2.75) is 20.8 Å². The molecule has 0 radical (unpaired) electrons. The number of rotatable bonds is 4. The third kappa shape index (κ3) is 3.80. The summed E-state index contributed by atoms with van der Waals surface area (Å²) >= 11 is 0. The predicted octanol–water partition coefficient (Wildman–Crippen LogP) is 2.61. The van der Waals surface area contributed by atoms with Gasteiger partial charge in [0.25, 0.3) is 0 Å². The first kappa shape index (κ1) is 13.6. The molecule has 0 amide bonds. The highest BCUT2D eigenvalue weighted by Crippen LogP contribution is 2.32. The number of hydrogen-bond acceptors (Lipinski definition) is 4. The molecule has 1 rings (SSSR count). The van der Waals surface area contributed by atoms with E-state index < -0.39 is 0 Å². The third-order valence-electron chi connectivity index (χ3n) is 2.36. The lowest BCUT2D eigenvalue weighted by molar-refractivity contribution is 0.397. The number of hydrogen-bond donors (Lipinski definition) is 1. The maximum atomic E-state index is 5.30. The minimum absolute atomic E-state index is 0.213. The summed E-state index contributed by atoms with van der Waals surface area (Å²) in [5, 5.41) is 3.42. The van der Waals surface area contributed by atoms with Crippen LogP contribution in [0.2, 0.25) is 0 Å². The summed E-state index contributed by atoms with van der Waals surface area (Å²) in [5.41, 5.74) is 2.25. The molecule has 0 unspecified atom stereocenters. The average Bonchev–Trinajstić information content (AvgIpc) is 2.24. The molecule has 0 bridgehead atoms. The van der Waals surface area contributed by atoms with Gasteiger partial charge in [-0.2, -0.15) is 0 Å². The lowest BCUT2D eigenvalue weighted by Crippen LogP contribution is -2.21. The number of aromatic nitrogens is 1. The van der Waals surface area contributed by atoms with E-state index >= 15 is 0 Å². The Hall–Kier alpha value is -1.45. The highest BCUT2D eigenvalue weighted by Gasteiger charge is 2.15. The molecule has 1 aromatic heterocycles. The number of methoxy groups -OCH3 is 1. The Morgan fingerprint density at radius 2 is 2.00 bits per heavy atom. The molecule has 0 aliphatic heterocycles. The molecule has 0 spiro atoms. The van der Waals surface area contributed by atoms with Gasteiger partial charge in [-0.1, -0.05) is 20.8 Å². The Bertz CT molecular complexity index is 369. The molecule has 0 saturated heterocycles. The zero-order valence-corrected chi connectivity index (χ0v) is 11.7. The van der Waals surface area contributed by atoms with Gasteiger partial charge >= 0.3 is 0 Å². The highest BCUT2D eigenvalue weighted by molar-refractivity contribution is 5.74. The van der Waals surface area contributed by atoms with E-state index in [-0.39, 0.29) is 5.41 Å². The van der Waals surface area contributed by atoms with Gasteiger partial charge < -0.3 is 15.0 Å². The Kier molecular flexibility index (Phi) is 4.21. The summed E-state index contributed by atoms with van der Waals surface area (Å²) in [5.74, 6) is 0.639. The minimum Gasteiger partial charge on any atom is -0.479 e. The van der Waals surface area contributed by atoms with Gasteiger partial charge in [-0.3, -0.25) is 0 Å². The van der Waals surface area contributed by atoms with Crippen molar-refractivity contribution < 1.29 is 4.74 Å². The van der Waals surface area contributed by atoms with Crippen LogP contribution < -0.4 is 15.0 Å². The molecule has 17 heavy (non-hydrogen) atoms. The molecule has 0 fully saturated rings. The van der Waals surface area contributed by atoms with Gasteiger partial charge in [-0.25, -0.2) is 4.98 Å². The van der Waals surface area contributed by atoms with E-state index in [0.29, 0.717) is 5.88 Å². The Balaban J connectivity index is 3.01. The predicted molar refractivity (Wildman–Crippen MR) is 73.1 cm³/mol. The first-order chi connectivity index (χ1) is 7.85. The Morgan fingerprint density at radius 3 is 2.47 bits per heavy atom. The maximum absolute atomic E-state index is 5.30. The molecule has 1 aromatic rings. The van der Waals surface area contributed by atoms with Crippen molar-refractivity contribution in [2.75, 3.05) is 38.0 Å². The molecule has 0 aliphatic carbocycles. The van der Waals surface area contributed by atoms with Gasteiger partial charge in [0.1, 0.15) is 5.69 Å². The average molecular weight is 237 g/mol. The normalized spacial score (nSPS) is 11.2. The van der Waals surface area contributed by atoms with E-state index in [1.165, 1.54) is 0 Å². The van der Waals surface area contributed by atoms with Gasteiger partial charge in [0, 0.05) is 26.8 Å². The van der Waals surface area contributed by atoms with Gasteiger partial charge in [0.2, 0.25) is 5.88 Å². The van der Waals surface area contributed by atoms with Crippen molar-refractivity contribution >= 4 is 11.4 Å². The first-order valence-electron chi connectivity index (χ1n) is 5.79. The molecule has 1 N–H and O–H groups in total. The molecule has 4 heteroatoms. The molecule has 0 atom stereocenters. The number of pyridine rings is 1. The summed E-state index contributed by atoms with van der Waals surface area (Å²) < 4.78 is 5.30. The molecule has 1 heterocycles. The highest BCUT2D eigenvalue weighted by atomic mass is 16.5. The largest absolute Gasteiger partial charge is 0.479 e. The van der Waals surface area contributed by atoms with Crippen LogP contribution >= 0.6 is 0 Å². The third-order valence-corrected chi connectivity index (χ3v) is 2.36. The standard InChI is InChI=1S/C13H23N3O/c1-13(2,3)9-15-11-10(16(4)5)7-8-14-12(11)17-6/h7-8,15H,9H2,1-6H3. The van der Waals surface area contributed by atoms with Crippen LogP contribution in [-0.4, -0.2) is 32.7 Å². The summed E-state index contributed by atoms with van der Waals surface area (Å²) in [6, 6.07) is 1.98. The van der Waals surface area contributed by atoms with Crippen molar-refractivity contribution in [1.29, 1.82) is 0 Å². The van der Waals surface area contributed by atoms with Crippen LogP contribution in [0, 0.1) is 5.41 Å². The van der Waals surface area contributed by atoms with Crippen molar-refractivity contribution in [3.05, 3.63) is 12.3 Å². The SMILES string of the molecule is COc1nccc(N(C)C)c1NCC(C)(C)C. The summed E-state index contributed by atoms with van der Waals surface area (Å²) in [7, 11) is 5.66. The van der Waals surface area contributed by atoms with Gasteiger partial charge in [0.05, 0.1) is 12.8 Å². The van der Waals surface area contributed by atoms with Crippen molar-refractivity contribution in [1.82, 2.24) is 4.98 Å². The van der Waals surface area contributed by atoms with Crippen LogP contribution in [-0.2, 0) is 0 Å². The fraction of sp³-hybridized carbons (Fsp3) is 0.615. The fourth-order valence-electron chi connectivity index (χ4n) is 1.48. The Morgan fingerprint density at radius 1 is 1.35 bits per heavy atom. The van der Waals surface area contributed by atoms with Crippen LogP contribution in [0.1, 0.15) is 20.8 Å². The molecular formula is C13H23N3O. The fourth-order valence-corrected chi connectivity index (χ4v) is 1.48. The van der Waals surface area contributed by atoms with Gasteiger partial charge in [0.15, 0.2) is 0 Å². The molecular weight excluding hydrogens is 214 g/mol. The minimum atomic E-state index is 0.213. The zero-order chi connectivity index (χ0) is 13.1. The van der Waals surface area contributed by atoms with Crippen LogP contribution in [0.4, 0.5) is 11.4 Å². The smallest absolute Gasteiger partial charge is 0.239 e. The molecule has 0 saturated carbocycles. The lowest BCUT2D eigenvalue weighted by atomic mass is 9.97. The second-order valence-electron chi connectivity index (χ2n) is 5.52. The first-order valence-corrected chi connectivity index (χ1v) is 5.79. The van der Waals surface area contributed by atoms with E-state index in [2.05, 4.69) is 36.0 Å². The van der Waals surface area contributed by atoms with Crippen molar-refractivity contribution in [3.8, 4) is 5.88 Å². The van der Waals surface area contributed by atoms with E-state index in [1.807, 2.05) is 20.2 Å². The van der Waals surface area contributed by atoms with E-state index in [4.69, 9.17) is 4.74 Å². The second kappa shape index (κ2) is 5.25. The van der Waals surface area contributed by atoms with Crippen LogP contribution in [0.25, 0.3) is 0 Å². The Labute approximate surface area is 104 Å². The molecule has 4 nitrogen and oxygen atoms in total. The molecule has 96 valence electrons. The van der Waals surface area contributed by atoms with Crippen LogP contribution in [0.5, 0.6) is 5.88 Å². The van der Waals surface area contributed by atoms with Gasteiger partial charge in [-0.05, 0) is 11.5 Å². The number of anilines is 2. The van der Waals surface area contributed by atoms with Crippen molar-refractivity contribution in [3.63, 3.8) is 0 Å². The topological polar surface area (TPSA) is 37.4 Å². The molecule has 0 aromatic carbocycles. The number of nitrogens with one attached hydrogen (secondary N) is 1. The van der Waals surface area contributed by atoms with E-state index in [1.54, 1.807) is 13.3 Å². The summed E-state index contributed by atoms with van der Waals surface area (Å²) in [4.78, 5) is 6.28. The zero-order valence-electron chi connectivity index (χ0n) is 11.7. The van der Waals surface area contributed by atoms with Crippen LogP contribution in [0.15, 0.2) is 12.3 Å². The summed E-state index contributed by atoms with van der Waals surface area (Å²) in [6.45, 7) is 7.45. The molecule has 0 aliphatic rings. The lowest BCUT2D eigenvalue weighted by Gasteiger charge is -2.24. The number of ether oxygens (including phenoxy) is 1. The van der Waals surface area contributed by atoms with Gasteiger partial charge in [-0.15, -0.1) is 0 Å². The monoisotopic (exact) mass is 237 g/mol. The van der Waals surface area contributed by atoms with Crippen LogP contribution in [0.3, 0.4) is 0 Å². The number of nitrogens with zero attached hydrogens (tertiary/aromatic N) is 2. The van der Waals surface area contributed by atoms with Crippen molar-refractivity contribution in [2.24, 2.45) is 5.41 Å². The maximum Gasteiger partial charge on any atom is 0.239 e. The second-order valence-corrected chi connectivity index (χ2v) is 5.52. The summed E-state index contributed by atoms with van der Waals surface area (Å²) in [6.07, 6.45) is 1.76. The van der Waals surface area contributed by atoms with E-state index in [9.17, 15) is 0 Å². The van der Waals surface area contributed by atoms with E-state index in [0.717, 1.165) is 17.9 Å².